The van der Waals surface area contributed by atoms with Gasteiger partial charge in [0.15, 0.2) is 6.29 Å². The van der Waals surface area contributed by atoms with Gasteiger partial charge >= 0.3 is 0 Å². The molecule has 2 aromatic heterocycles. The lowest BCUT2D eigenvalue weighted by Crippen LogP contribution is -2.52. The zero-order valence-corrected chi connectivity index (χ0v) is 20.8. The minimum Gasteiger partial charge on any atom is -0.492 e. The number of rotatable bonds is 9. The molecule has 1 atom stereocenters. The molecule has 0 saturated carbocycles. The molecule has 12 heteroatoms. The Morgan fingerprint density at radius 3 is 2.54 bits per heavy atom. The smallest absolute Gasteiger partial charge is 0.270 e. The second kappa shape index (κ2) is 14.0. The summed E-state index contributed by atoms with van der Waals surface area (Å²) < 4.78 is 5.75. The molecule has 0 radical (unpaired) electrons. The van der Waals surface area contributed by atoms with E-state index >= 15 is 0 Å². The third kappa shape index (κ3) is 8.05. The van der Waals surface area contributed by atoms with Crippen LogP contribution in [0.25, 0.3) is 0 Å². The van der Waals surface area contributed by atoms with E-state index < -0.39 is 17.9 Å². The number of carbonyl (C=O) groups is 4. The Morgan fingerprint density at radius 2 is 1.92 bits per heavy atom. The Kier molecular flexibility index (Phi) is 10.5. The van der Waals surface area contributed by atoms with Crippen LogP contribution in [0.5, 0.6) is 5.75 Å². The van der Waals surface area contributed by atoms with Crippen LogP contribution in [0.3, 0.4) is 0 Å². The highest BCUT2D eigenvalue weighted by molar-refractivity contribution is 6.03. The van der Waals surface area contributed by atoms with Crippen molar-refractivity contribution >= 4 is 29.8 Å². The van der Waals surface area contributed by atoms with Crippen molar-refractivity contribution in [3.63, 3.8) is 0 Å². The van der Waals surface area contributed by atoms with E-state index in [1.807, 2.05) is 6.07 Å². The monoisotopic (exact) mass is 512 g/mol. The average molecular weight is 513 g/mol. The van der Waals surface area contributed by atoms with Crippen LogP contribution in [-0.4, -0.2) is 96.5 Å². The number of nitrogens with zero attached hydrogens (tertiary/aromatic N) is 4. The summed E-state index contributed by atoms with van der Waals surface area (Å²) in [5.74, 6) is 0.153. The number of hydrogen-bond donors (Lipinski definition) is 3. The van der Waals surface area contributed by atoms with Crippen molar-refractivity contribution in [3.8, 4) is 5.75 Å². The van der Waals surface area contributed by atoms with Gasteiger partial charge in [-0.2, -0.15) is 0 Å². The summed E-state index contributed by atoms with van der Waals surface area (Å²) in [4.78, 5) is 59.2. The SMILES string of the molecule is CO.O=Cc1ccc(N2CCN(CCCOc3ccc(C(=O)NC4CCC(=O)NC4=O)nc3)CC2)nc1. The Balaban J connectivity index is 0.00000186. The molecule has 0 aliphatic carbocycles. The molecule has 12 nitrogen and oxygen atoms in total. The summed E-state index contributed by atoms with van der Waals surface area (Å²) in [7, 11) is 1.00. The van der Waals surface area contributed by atoms with Gasteiger partial charge in [0, 0.05) is 58.0 Å². The third-order valence-electron chi connectivity index (χ3n) is 6.00. The highest BCUT2D eigenvalue weighted by atomic mass is 16.5. The molecule has 2 saturated heterocycles. The first-order valence-corrected chi connectivity index (χ1v) is 12.1. The third-order valence-corrected chi connectivity index (χ3v) is 6.00. The topological polar surface area (TPSA) is 154 Å². The fourth-order valence-corrected chi connectivity index (χ4v) is 4.00. The number of carbonyl (C=O) groups excluding carboxylic acids is 4. The summed E-state index contributed by atoms with van der Waals surface area (Å²) in [6.07, 6.45) is 5.20. The fraction of sp³-hybridized carbons (Fsp3) is 0.440. The predicted molar refractivity (Wildman–Crippen MR) is 134 cm³/mol. The predicted octanol–water partition coefficient (Wildman–Crippen LogP) is 0.0237. The summed E-state index contributed by atoms with van der Waals surface area (Å²) in [6, 6.07) is 6.15. The molecule has 0 aromatic carbocycles. The van der Waals surface area contributed by atoms with Gasteiger partial charge in [-0.25, -0.2) is 9.97 Å². The molecule has 4 heterocycles. The Morgan fingerprint density at radius 1 is 1.14 bits per heavy atom. The van der Waals surface area contributed by atoms with Gasteiger partial charge in [-0.15, -0.1) is 0 Å². The number of hydrogen-bond acceptors (Lipinski definition) is 10. The van der Waals surface area contributed by atoms with Crippen molar-refractivity contribution in [3.05, 3.63) is 47.9 Å². The maximum absolute atomic E-state index is 12.3. The molecule has 1 unspecified atom stereocenters. The highest BCUT2D eigenvalue weighted by Gasteiger charge is 2.28. The van der Waals surface area contributed by atoms with Crippen LogP contribution < -0.4 is 20.3 Å². The van der Waals surface area contributed by atoms with E-state index in [1.165, 1.54) is 6.20 Å². The Bertz CT molecular complexity index is 1050. The van der Waals surface area contributed by atoms with Crippen LogP contribution in [-0.2, 0) is 9.59 Å². The lowest BCUT2D eigenvalue weighted by molar-refractivity contribution is -0.134. The molecule has 4 rings (SSSR count). The Labute approximate surface area is 215 Å². The number of aromatic nitrogens is 2. The van der Waals surface area contributed by atoms with E-state index in [0.29, 0.717) is 17.9 Å². The van der Waals surface area contributed by atoms with Crippen LogP contribution >= 0.6 is 0 Å². The summed E-state index contributed by atoms with van der Waals surface area (Å²) in [5.41, 5.74) is 0.753. The van der Waals surface area contributed by atoms with E-state index in [2.05, 4.69) is 30.4 Å². The van der Waals surface area contributed by atoms with Gasteiger partial charge in [0.1, 0.15) is 23.3 Å². The van der Waals surface area contributed by atoms with Crippen molar-refractivity contribution < 1.29 is 29.0 Å². The molecule has 3 N–H and O–H groups in total. The number of piperazine rings is 1. The van der Waals surface area contributed by atoms with Crippen LogP contribution in [0.4, 0.5) is 5.82 Å². The minimum absolute atomic E-state index is 0.176. The maximum Gasteiger partial charge on any atom is 0.270 e. The van der Waals surface area contributed by atoms with Gasteiger partial charge in [0.2, 0.25) is 11.8 Å². The van der Waals surface area contributed by atoms with E-state index in [9.17, 15) is 19.2 Å². The number of anilines is 1. The molecule has 0 spiro atoms. The highest BCUT2D eigenvalue weighted by Crippen LogP contribution is 2.15. The Hall–Kier alpha value is -3.90. The number of pyridine rings is 2. The maximum atomic E-state index is 12.3. The standard InChI is InChI=1S/C24H28N6O5.CH4O/c31-16-17-2-6-21(26-14-17)30-11-9-29(10-12-30)8-1-13-35-18-3-4-19(25-15-18)23(33)27-20-5-7-22(32)28-24(20)34;1-2/h2-4,6,14-16,20H,1,5,7-13H2,(H,27,33)(H,28,32,34);2H,1H3. The van der Waals surface area contributed by atoms with Crippen LogP contribution in [0.15, 0.2) is 36.7 Å². The van der Waals surface area contributed by atoms with Crippen molar-refractivity contribution in [2.24, 2.45) is 0 Å². The van der Waals surface area contributed by atoms with Crippen LogP contribution in [0.2, 0.25) is 0 Å². The minimum atomic E-state index is -0.737. The van der Waals surface area contributed by atoms with Gasteiger partial charge in [0.25, 0.3) is 5.91 Å². The number of aliphatic hydroxyl groups excluding tert-OH is 1. The summed E-state index contributed by atoms with van der Waals surface area (Å²) in [5, 5.41) is 11.8. The number of piperidine rings is 1. The largest absolute Gasteiger partial charge is 0.492 e. The first-order chi connectivity index (χ1) is 18.0. The quantitative estimate of drug-likeness (QED) is 0.238. The molecule has 198 valence electrons. The summed E-state index contributed by atoms with van der Waals surface area (Å²) >= 11 is 0. The van der Waals surface area contributed by atoms with Gasteiger partial charge in [0.05, 0.1) is 12.8 Å². The van der Waals surface area contributed by atoms with Crippen molar-refractivity contribution in [1.29, 1.82) is 0 Å². The lowest BCUT2D eigenvalue weighted by atomic mass is 10.1. The number of imide groups is 1. The molecular formula is C25H32N6O6. The first kappa shape index (κ1) is 27.7. The number of aldehydes is 1. The van der Waals surface area contributed by atoms with Gasteiger partial charge in [-0.3, -0.25) is 29.4 Å². The van der Waals surface area contributed by atoms with Crippen molar-refractivity contribution in [2.75, 3.05) is 51.3 Å². The second-order valence-electron chi connectivity index (χ2n) is 8.45. The molecule has 2 aliphatic heterocycles. The molecule has 2 fully saturated rings. The number of aliphatic hydroxyl groups is 1. The average Bonchev–Trinajstić information content (AvgIpc) is 2.94. The van der Waals surface area contributed by atoms with Crippen LogP contribution in [0, 0.1) is 0 Å². The molecule has 2 aromatic rings. The number of nitrogens with one attached hydrogen (secondary N) is 2. The molecule has 0 bridgehead atoms. The van der Waals surface area contributed by atoms with Crippen molar-refractivity contribution in [2.45, 2.75) is 25.3 Å². The van der Waals surface area contributed by atoms with E-state index in [0.717, 1.165) is 58.4 Å². The lowest BCUT2D eigenvalue weighted by Gasteiger charge is -2.35. The van der Waals surface area contributed by atoms with Crippen molar-refractivity contribution in [1.82, 2.24) is 25.5 Å². The fourth-order valence-electron chi connectivity index (χ4n) is 4.00. The first-order valence-electron chi connectivity index (χ1n) is 12.1. The number of amides is 3. The van der Waals surface area contributed by atoms with Crippen LogP contribution in [0.1, 0.15) is 40.1 Å². The van der Waals surface area contributed by atoms with E-state index in [4.69, 9.17) is 9.84 Å². The van der Waals surface area contributed by atoms with E-state index in [-0.39, 0.29) is 24.4 Å². The zero-order valence-electron chi connectivity index (χ0n) is 20.8. The summed E-state index contributed by atoms with van der Waals surface area (Å²) in [6.45, 7) is 5.04. The van der Waals surface area contributed by atoms with Gasteiger partial charge in [-0.05, 0) is 37.1 Å². The second-order valence-corrected chi connectivity index (χ2v) is 8.45. The normalized spacial score (nSPS) is 17.8. The van der Waals surface area contributed by atoms with Gasteiger partial charge in [-0.1, -0.05) is 0 Å². The molecular weight excluding hydrogens is 480 g/mol. The molecule has 37 heavy (non-hydrogen) atoms. The zero-order chi connectivity index (χ0) is 26.6. The van der Waals surface area contributed by atoms with E-state index in [1.54, 1.807) is 24.4 Å². The molecule has 3 amide bonds. The number of ether oxygens (including phenoxy) is 1. The van der Waals surface area contributed by atoms with Gasteiger partial charge < -0.3 is 20.1 Å². The molecule has 2 aliphatic rings.